The van der Waals surface area contributed by atoms with Crippen molar-refractivity contribution in [2.45, 2.75) is 26.1 Å². The van der Waals surface area contributed by atoms with Crippen molar-refractivity contribution in [3.05, 3.63) is 53.6 Å². The average Bonchev–Trinajstić information content (AvgIpc) is 2.67. The zero-order valence-corrected chi connectivity index (χ0v) is 15.8. The van der Waals surface area contributed by atoms with Crippen LogP contribution in [0.25, 0.3) is 0 Å². The van der Waals surface area contributed by atoms with E-state index in [9.17, 15) is 0 Å². The molecule has 140 valence electrons. The van der Waals surface area contributed by atoms with Gasteiger partial charge in [-0.15, -0.1) is 0 Å². The molecule has 2 aromatic rings. The van der Waals surface area contributed by atoms with E-state index in [0.717, 1.165) is 31.7 Å². The smallest absolute Gasteiger partial charge is 0.203 e. The first-order valence-corrected chi connectivity index (χ1v) is 9.07. The monoisotopic (exact) mass is 356 g/mol. The minimum absolute atomic E-state index is 0.474. The lowest BCUT2D eigenvalue weighted by Gasteiger charge is -2.32. The third-order valence-electron chi connectivity index (χ3n) is 4.61. The van der Waals surface area contributed by atoms with E-state index in [1.165, 1.54) is 5.56 Å². The Morgan fingerprint density at radius 2 is 1.73 bits per heavy atom. The van der Waals surface area contributed by atoms with Crippen molar-refractivity contribution in [2.24, 2.45) is 0 Å². The summed E-state index contributed by atoms with van der Waals surface area (Å²) in [5.74, 6) is 2.06. The molecule has 0 aromatic heterocycles. The van der Waals surface area contributed by atoms with Gasteiger partial charge in [0.25, 0.3) is 0 Å². The third-order valence-corrected chi connectivity index (χ3v) is 4.61. The van der Waals surface area contributed by atoms with Gasteiger partial charge in [0.15, 0.2) is 11.5 Å². The first-order chi connectivity index (χ1) is 12.7. The van der Waals surface area contributed by atoms with E-state index in [0.29, 0.717) is 29.9 Å². The molecule has 1 atom stereocenters. The summed E-state index contributed by atoms with van der Waals surface area (Å²) in [4.78, 5) is 2.44. The van der Waals surface area contributed by atoms with Crippen molar-refractivity contribution >= 4 is 0 Å². The summed E-state index contributed by atoms with van der Waals surface area (Å²) < 4.78 is 17.2. The van der Waals surface area contributed by atoms with Crippen LogP contribution in [0.4, 0.5) is 0 Å². The van der Waals surface area contributed by atoms with Crippen LogP contribution in [-0.2, 0) is 13.2 Å². The topological polar surface area (TPSA) is 43.0 Å². The molecule has 1 unspecified atom stereocenters. The molecule has 0 aliphatic carbocycles. The Hall–Kier alpha value is -2.24. The molecule has 1 saturated heterocycles. The predicted octanol–water partition coefficient (Wildman–Crippen LogP) is 3.08. The third kappa shape index (κ3) is 4.68. The Kier molecular flexibility index (Phi) is 6.36. The number of rotatable bonds is 7. The molecule has 1 N–H and O–H groups in total. The maximum absolute atomic E-state index is 6.02. The minimum Gasteiger partial charge on any atom is -0.493 e. The maximum Gasteiger partial charge on any atom is 0.203 e. The molecule has 0 radical (unpaired) electrons. The molecule has 0 saturated carbocycles. The Bertz CT molecular complexity index is 681. The van der Waals surface area contributed by atoms with E-state index in [-0.39, 0.29) is 0 Å². The summed E-state index contributed by atoms with van der Waals surface area (Å²) in [7, 11) is 3.33. The van der Waals surface area contributed by atoms with E-state index in [1.807, 2.05) is 30.3 Å². The van der Waals surface area contributed by atoms with Gasteiger partial charge >= 0.3 is 0 Å². The minimum atomic E-state index is 0.474. The molecule has 26 heavy (non-hydrogen) atoms. The number of hydrogen-bond donors (Lipinski definition) is 1. The van der Waals surface area contributed by atoms with Gasteiger partial charge in [-0.3, -0.25) is 4.90 Å². The normalized spacial score (nSPS) is 17.7. The lowest BCUT2D eigenvalue weighted by molar-refractivity contribution is 0.199. The van der Waals surface area contributed by atoms with Gasteiger partial charge in [-0.05, 0) is 30.2 Å². The van der Waals surface area contributed by atoms with Gasteiger partial charge in [0, 0.05) is 32.2 Å². The van der Waals surface area contributed by atoms with Gasteiger partial charge in [-0.1, -0.05) is 30.3 Å². The lowest BCUT2D eigenvalue weighted by atomic mass is 10.1. The molecule has 1 aliphatic heterocycles. The summed E-state index contributed by atoms with van der Waals surface area (Å²) >= 11 is 0. The fourth-order valence-electron chi connectivity index (χ4n) is 3.31. The van der Waals surface area contributed by atoms with Crippen molar-refractivity contribution < 1.29 is 14.2 Å². The standard InChI is InChI=1S/C21H28N2O3/c1-16-13-23(10-9-22-16)14-18-11-19(24-2)21(20(12-18)25-3)26-15-17-7-5-4-6-8-17/h4-8,11-12,16,22H,9-10,13-15H2,1-3H3. The Balaban J connectivity index is 1.76. The van der Waals surface area contributed by atoms with Crippen molar-refractivity contribution in [1.82, 2.24) is 10.2 Å². The first-order valence-electron chi connectivity index (χ1n) is 9.07. The molecule has 1 aliphatic rings. The Morgan fingerprint density at radius 3 is 2.35 bits per heavy atom. The molecule has 1 heterocycles. The van der Waals surface area contributed by atoms with E-state index >= 15 is 0 Å². The van der Waals surface area contributed by atoms with Crippen LogP contribution < -0.4 is 19.5 Å². The molecule has 1 fully saturated rings. The highest BCUT2D eigenvalue weighted by Crippen LogP contribution is 2.39. The first kappa shape index (κ1) is 18.5. The van der Waals surface area contributed by atoms with E-state index < -0.39 is 0 Å². The lowest BCUT2D eigenvalue weighted by Crippen LogP contribution is -2.48. The largest absolute Gasteiger partial charge is 0.493 e. The highest BCUT2D eigenvalue weighted by atomic mass is 16.5. The summed E-state index contributed by atoms with van der Waals surface area (Å²) in [5.41, 5.74) is 2.27. The van der Waals surface area contributed by atoms with Crippen LogP contribution in [0.5, 0.6) is 17.2 Å². The molecule has 0 spiro atoms. The van der Waals surface area contributed by atoms with Crippen LogP contribution >= 0.6 is 0 Å². The second-order valence-electron chi connectivity index (χ2n) is 6.69. The van der Waals surface area contributed by atoms with Crippen LogP contribution in [0.3, 0.4) is 0 Å². The van der Waals surface area contributed by atoms with E-state index in [2.05, 4.69) is 29.3 Å². The maximum atomic E-state index is 6.02. The number of hydrogen-bond acceptors (Lipinski definition) is 5. The molecule has 3 rings (SSSR count). The highest BCUT2D eigenvalue weighted by molar-refractivity contribution is 5.54. The van der Waals surface area contributed by atoms with Gasteiger partial charge < -0.3 is 19.5 Å². The predicted molar refractivity (Wildman–Crippen MR) is 103 cm³/mol. The van der Waals surface area contributed by atoms with Crippen molar-refractivity contribution in [3.63, 3.8) is 0 Å². The zero-order chi connectivity index (χ0) is 18.4. The number of methoxy groups -OCH3 is 2. The molecule has 2 aromatic carbocycles. The second-order valence-corrected chi connectivity index (χ2v) is 6.69. The number of ether oxygens (including phenoxy) is 3. The fourth-order valence-corrected chi connectivity index (χ4v) is 3.31. The van der Waals surface area contributed by atoms with Crippen molar-refractivity contribution in [1.29, 1.82) is 0 Å². The molecule has 5 nitrogen and oxygen atoms in total. The van der Waals surface area contributed by atoms with E-state index in [1.54, 1.807) is 14.2 Å². The van der Waals surface area contributed by atoms with Crippen molar-refractivity contribution in [2.75, 3.05) is 33.9 Å². The van der Waals surface area contributed by atoms with Crippen LogP contribution in [0.2, 0.25) is 0 Å². The summed E-state index contributed by atoms with van der Waals surface area (Å²) in [5, 5.41) is 3.47. The number of piperazine rings is 1. The van der Waals surface area contributed by atoms with E-state index in [4.69, 9.17) is 14.2 Å². The van der Waals surface area contributed by atoms with Gasteiger partial charge in [-0.2, -0.15) is 0 Å². The van der Waals surface area contributed by atoms with Gasteiger partial charge in [0.2, 0.25) is 5.75 Å². The summed E-state index contributed by atoms with van der Waals surface area (Å²) in [6.45, 7) is 6.67. The van der Waals surface area contributed by atoms with Crippen LogP contribution in [-0.4, -0.2) is 44.8 Å². The highest BCUT2D eigenvalue weighted by Gasteiger charge is 2.19. The quantitative estimate of drug-likeness (QED) is 0.826. The number of nitrogens with one attached hydrogen (secondary N) is 1. The van der Waals surface area contributed by atoms with Gasteiger partial charge in [-0.25, -0.2) is 0 Å². The Labute approximate surface area is 155 Å². The summed E-state index contributed by atoms with van der Waals surface area (Å²) in [6.07, 6.45) is 0. The molecule has 0 bridgehead atoms. The van der Waals surface area contributed by atoms with Gasteiger partial charge in [0.05, 0.1) is 14.2 Å². The van der Waals surface area contributed by atoms with Crippen LogP contribution in [0.15, 0.2) is 42.5 Å². The van der Waals surface area contributed by atoms with Crippen LogP contribution in [0.1, 0.15) is 18.1 Å². The van der Waals surface area contributed by atoms with Gasteiger partial charge in [0.1, 0.15) is 6.61 Å². The van der Waals surface area contributed by atoms with Crippen LogP contribution in [0, 0.1) is 0 Å². The average molecular weight is 356 g/mol. The molecule has 0 amide bonds. The summed E-state index contributed by atoms with van der Waals surface area (Å²) in [6, 6.07) is 14.7. The number of benzene rings is 2. The number of nitrogens with zero attached hydrogens (tertiary/aromatic N) is 1. The zero-order valence-electron chi connectivity index (χ0n) is 15.8. The SMILES string of the molecule is COc1cc(CN2CCNC(C)C2)cc(OC)c1OCc1ccccc1. The molecular formula is C21H28N2O3. The molecular weight excluding hydrogens is 328 g/mol. The Morgan fingerprint density at radius 1 is 1.04 bits per heavy atom. The second kappa shape index (κ2) is 8.92. The molecule has 5 heteroatoms. The van der Waals surface area contributed by atoms with Crippen molar-refractivity contribution in [3.8, 4) is 17.2 Å². The fraction of sp³-hybridized carbons (Fsp3) is 0.429.